The number of amides is 1. The van der Waals surface area contributed by atoms with Crippen LogP contribution < -0.4 is 27.1 Å². The van der Waals surface area contributed by atoms with E-state index in [-0.39, 0.29) is 27.4 Å². The van der Waals surface area contributed by atoms with Gasteiger partial charge in [-0.05, 0) is 32.0 Å². The third-order valence-electron chi connectivity index (χ3n) is 4.69. The molecule has 10 nitrogen and oxygen atoms in total. The quantitative estimate of drug-likeness (QED) is 0.583. The van der Waals surface area contributed by atoms with Crippen molar-refractivity contribution < 1.29 is 9.53 Å². The van der Waals surface area contributed by atoms with Gasteiger partial charge in [0.2, 0.25) is 5.91 Å². The van der Waals surface area contributed by atoms with Gasteiger partial charge in [-0.15, -0.1) is 0 Å². The molecule has 0 spiro atoms. The van der Waals surface area contributed by atoms with Gasteiger partial charge in [0.25, 0.3) is 5.56 Å². The number of carbonyl (C=O) groups is 1. The maximum absolute atomic E-state index is 12.2. The number of pyridine rings is 1. The number of nitrogens with zero attached hydrogens (tertiary/aromatic N) is 4. The SMILES string of the molecule is CC1(C)C(=O)Nc2ncc(Oc3c(Cl)cc(-n4ncc(=O)n(N)c4=O)cc3Cl)cc21. The van der Waals surface area contributed by atoms with Crippen LogP contribution in [0.25, 0.3) is 5.69 Å². The lowest BCUT2D eigenvalue weighted by Gasteiger charge is -2.16. The Hall–Kier alpha value is -3.37. The Kier molecular flexibility index (Phi) is 4.55. The number of nitrogen functional groups attached to an aromatic ring is 1. The largest absolute Gasteiger partial charge is 0.453 e. The Balaban J connectivity index is 1.72. The standard InChI is InChI=1S/C18H14Cl2N6O4/c1-18(2)10-5-9(6-22-15(10)24-16(18)28)30-14-11(19)3-8(4-12(14)20)26-17(29)25(21)13(27)7-23-26/h3-7H,21H2,1-2H3,(H,22,24,28). The van der Waals surface area contributed by atoms with E-state index in [9.17, 15) is 14.4 Å². The summed E-state index contributed by atoms with van der Waals surface area (Å²) in [5.41, 5.74) is -1.53. The lowest BCUT2D eigenvalue weighted by atomic mass is 9.87. The monoisotopic (exact) mass is 448 g/mol. The fraction of sp³-hybridized carbons (Fsp3) is 0.167. The molecule has 1 aliphatic rings. The van der Waals surface area contributed by atoms with Crippen LogP contribution in [0.4, 0.5) is 5.82 Å². The predicted octanol–water partition coefficient (Wildman–Crippen LogP) is 1.83. The van der Waals surface area contributed by atoms with E-state index in [0.717, 1.165) is 10.9 Å². The molecule has 0 fully saturated rings. The van der Waals surface area contributed by atoms with Gasteiger partial charge in [0.15, 0.2) is 5.75 Å². The molecule has 0 saturated heterocycles. The van der Waals surface area contributed by atoms with Crippen molar-refractivity contribution >= 4 is 34.9 Å². The molecule has 3 N–H and O–H groups in total. The van der Waals surface area contributed by atoms with Crippen LogP contribution in [0.15, 0.2) is 40.2 Å². The maximum Gasteiger partial charge on any atom is 0.370 e. The number of aromatic nitrogens is 4. The zero-order valence-electron chi connectivity index (χ0n) is 15.6. The topological polar surface area (TPSA) is 134 Å². The first-order valence-electron chi connectivity index (χ1n) is 8.55. The minimum Gasteiger partial charge on any atom is -0.453 e. The molecule has 0 saturated carbocycles. The summed E-state index contributed by atoms with van der Waals surface area (Å²) in [6.45, 7) is 3.55. The van der Waals surface area contributed by atoms with E-state index < -0.39 is 16.7 Å². The van der Waals surface area contributed by atoms with Crippen molar-refractivity contribution in [2.24, 2.45) is 0 Å². The molecule has 0 atom stereocenters. The molecule has 1 aromatic carbocycles. The van der Waals surface area contributed by atoms with Crippen molar-refractivity contribution in [1.29, 1.82) is 0 Å². The first kappa shape index (κ1) is 19.9. The number of ether oxygens (including phenoxy) is 1. The van der Waals surface area contributed by atoms with Gasteiger partial charge < -0.3 is 15.9 Å². The van der Waals surface area contributed by atoms with E-state index in [1.807, 2.05) is 0 Å². The highest BCUT2D eigenvalue weighted by molar-refractivity contribution is 6.37. The first-order valence-corrected chi connectivity index (χ1v) is 9.31. The predicted molar refractivity (Wildman–Crippen MR) is 110 cm³/mol. The van der Waals surface area contributed by atoms with E-state index in [4.69, 9.17) is 33.8 Å². The van der Waals surface area contributed by atoms with Crippen molar-refractivity contribution in [1.82, 2.24) is 19.4 Å². The first-order chi connectivity index (χ1) is 14.1. The van der Waals surface area contributed by atoms with Crippen LogP contribution in [0.3, 0.4) is 0 Å². The number of benzene rings is 1. The average Bonchev–Trinajstić information content (AvgIpc) is 2.91. The molecule has 12 heteroatoms. The van der Waals surface area contributed by atoms with Crippen LogP contribution in [-0.2, 0) is 10.2 Å². The van der Waals surface area contributed by atoms with Crippen molar-refractivity contribution in [3.63, 3.8) is 0 Å². The van der Waals surface area contributed by atoms with Gasteiger partial charge in [-0.2, -0.15) is 14.5 Å². The molecule has 0 bridgehead atoms. The van der Waals surface area contributed by atoms with Gasteiger partial charge >= 0.3 is 5.69 Å². The molecule has 30 heavy (non-hydrogen) atoms. The molecule has 3 heterocycles. The molecular weight excluding hydrogens is 435 g/mol. The van der Waals surface area contributed by atoms with Crippen molar-refractivity contribution in [3.8, 4) is 17.2 Å². The van der Waals surface area contributed by atoms with Gasteiger partial charge in [-0.1, -0.05) is 23.2 Å². The number of nitrogens with one attached hydrogen (secondary N) is 1. The van der Waals surface area contributed by atoms with E-state index in [2.05, 4.69) is 15.4 Å². The summed E-state index contributed by atoms with van der Waals surface area (Å²) in [5, 5.41) is 6.62. The Labute approximate surface area is 178 Å². The summed E-state index contributed by atoms with van der Waals surface area (Å²) in [4.78, 5) is 39.9. The molecule has 0 radical (unpaired) electrons. The summed E-state index contributed by atoms with van der Waals surface area (Å²) in [6, 6.07) is 4.45. The summed E-state index contributed by atoms with van der Waals surface area (Å²) < 4.78 is 7.09. The minimum atomic E-state index is -0.870. The number of anilines is 1. The Morgan fingerprint density at radius 3 is 2.43 bits per heavy atom. The molecule has 2 aromatic heterocycles. The lowest BCUT2D eigenvalue weighted by Crippen LogP contribution is -2.44. The number of rotatable bonds is 3. The number of carbonyl (C=O) groups excluding carboxylic acids is 1. The Morgan fingerprint density at radius 2 is 1.77 bits per heavy atom. The highest BCUT2D eigenvalue weighted by atomic mass is 35.5. The van der Waals surface area contributed by atoms with Gasteiger partial charge in [-0.25, -0.2) is 9.78 Å². The molecule has 1 aliphatic heterocycles. The van der Waals surface area contributed by atoms with E-state index >= 15 is 0 Å². The zero-order chi connectivity index (χ0) is 21.8. The van der Waals surface area contributed by atoms with E-state index in [0.29, 0.717) is 21.8 Å². The van der Waals surface area contributed by atoms with Crippen molar-refractivity contribution in [3.05, 3.63) is 67.0 Å². The second-order valence-corrected chi connectivity index (χ2v) is 7.85. The van der Waals surface area contributed by atoms with Gasteiger partial charge in [0.1, 0.15) is 17.8 Å². The lowest BCUT2D eigenvalue weighted by molar-refractivity contribution is -0.119. The molecule has 0 unspecified atom stereocenters. The molecule has 4 rings (SSSR count). The average molecular weight is 449 g/mol. The number of hydrogen-bond donors (Lipinski definition) is 2. The van der Waals surface area contributed by atoms with Crippen LogP contribution in [-0.4, -0.2) is 25.3 Å². The summed E-state index contributed by atoms with van der Waals surface area (Å²) in [5.74, 6) is 6.15. The van der Waals surface area contributed by atoms with E-state index in [1.165, 1.54) is 18.3 Å². The highest BCUT2D eigenvalue weighted by Gasteiger charge is 2.39. The molecule has 1 amide bonds. The van der Waals surface area contributed by atoms with Crippen LogP contribution in [0.5, 0.6) is 11.5 Å². The second kappa shape index (κ2) is 6.85. The molecular formula is C18H14Cl2N6O4. The highest BCUT2D eigenvalue weighted by Crippen LogP contribution is 2.41. The Bertz CT molecular complexity index is 1310. The van der Waals surface area contributed by atoms with Gasteiger partial charge in [0.05, 0.1) is 27.3 Å². The maximum atomic E-state index is 12.2. The van der Waals surface area contributed by atoms with Gasteiger partial charge in [-0.3, -0.25) is 9.59 Å². The van der Waals surface area contributed by atoms with E-state index in [1.54, 1.807) is 19.9 Å². The third kappa shape index (κ3) is 3.10. The van der Waals surface area contributed by atoms with Crippen LogP contribution >= 0.6 is 23.2 Å². The summed E-state index contributed by atoms with van der Waals surface area (Å²) in [6.07, 6.45) is 2.32. The fourth-order valence-electron chi connectivity index (χ4n) is 2.94. The second-order valence-electron chi connectivity index (χ2n) is 7.03. The summed E-state index contributed by atoms with van der Waals surface area (Å²) >= 11 is 12.6. The number of hydrogen-bond acceptors (Lipinski definition) is 7. The van der Waals surface area contributed by atoms with Crippen LogP contribution in [0.2, 0.25) is 10.0 Å². The van der Waals surface area contributed by atoms with Crippen LogP contribution in [0.1, 0.15) is 19.4 Å². The molecule has 3 aromatic rings. The molecule has 0 aliphatic carbocycles. The molecule has 154 valence electrons. The Morgan fingerprint density at radius 1 is 1.10 bits per heavy atom. The third-order valence-corrected chi connectivity index (χ3v) is 5.25. The van der Waals surface area contributed by atoms with Crippen molar-refractivity contribution in [2.45, 2.75) is 19.3 Å². The van der Waals surface area contributed by atoms with Crippen LogP contribution in [0, 0.1) is 0 Å². The zero-order valence-corrected chi connectivity index (χ0v) is 17.2. The minimum absolute atomic E-state index is 0.0786. The number of halogens is 2. The van der Waals surface area contributed by atoms with Gasteiger partial charge in [0, 0.05) is 5.56 Å². The fourth-order valence-corrected chi connectivity index (χ4v) is 3.49. The van der Waals surface area contributed by atoms with Crippen molar-refractivity contribution in [2.75, 3.05) is 11.2 Å². The number of nitrogens with two attached hydrogens (primary N) is 1. The number of fused-ring (bicyclic) bond motifs is 1. The smallest absolute Gasteiger partial charge is 0.370 e. The summed E-state index contributed by atoms with van der Waals surface area (Å²) in [7, 11) is 0. The normalized spacial score (nSPS) is 14.3.